The van der Waals surface area contributed by atoms with Crippen LogP contribution in [0.3, 0.4) is 0 Å². The molecule has 0 aromatic carbocycles. The van der Waals surface area contributed by atoms with Crippen molar-refractivity contribution in [1.29, 1.82) is 0 Å². The molecule has 164 valence electrons. The van der Waals surface area contributed by atoms with Crippen molar-refractivity contribution in [1.82, 2.24) is 14.9 Å². The monoisotopic (exact) mass is 424 g/mol. The molecule has 8 nitrogen and oxygen atoms in total. The molecule has 2 aromatic rings. The van der Waals surface area contributed by atoms with Gasteiger partial charge in [-0.05, 0) is 31.5 Å². The number of aliphatic imine (C=N–C) groups is 1. The highest BCUT2D eigenvalue weighted by Gasteiger charge is 2.29. The van der Waals surface area contributed by atoms with E-state index in [4.69, 9.17) is 19.2 Å². The molecule has 3 aliphatic heterocycles. The Balaban J connectivity index is 1.45. The minimum Gasteiger partial charge on any atom is -0.474 e. The lowest BCUT2D eigenvalue weighted by molar-refractivity contribution is -0.00363. The maximum atomic E-state index is 12.9. The van der Waals surface area contributed by atoms with Crippen molar-refractivity contribution in [2.24, 2.45) is 4.99 Å². The molecular formula is C23H28N4O4. The van der Waals surface area contributed by atoms with Gasteiger partial charge in [0.05, 0.1) is 50.3 Å². The highest BCUT2D eigenvalue weighted by atomic mass is 16.5. The number of hydrogen-bond donors (Lipinski definition) is 1. The van der Waals surface area contributed by atoms with Crippen LogP contribution >= 0.6 is 0 Å². The largest absolute Gasteiger partial charge is 0.474 e. The van der Waals surface area contributed by atoms with E-state index in [-0.39, 0.29) is 24.1 Å². The normalized spacial score (nSPS) is 19.1. The van der Waals surface area contributed by atoms with Gasteiger partial charge in [0.2, 0.25) is 5.88 Å². The first-order valence-corrected chi connectivity index (χ1v) is 11.0. The molecule has 0 spiro atoms. The Morgan fingerprint density at radius 3 is 2.77 bits per heavy atom. The van der Waals surface area contributed by atoms with Gasteiger partial charge < -0.3 is 24.1 Å². The Bertz CT molecular complexity index is 1000. The van der Waals surface area contributed by atoms with Crippen LogP contribution in [0.2, 0.25) is 0 Å². The Labute approximate surface area is 181 Å². The van der Waals surface area contributed by atoms with Crippen molar-refractivity contribution in [3.8, 4) is 5.88 Å². The molecule has 0 bridgehead atoms. The Morgan fingerprint density at radius 2 is 2.06 bits per heavy atom. The van der Waals surface area contributed by atoms with Crippen LogP contribution in [-0.2, 0) is 16.0 Å². The number of nitrogens with one attached hydrogen (secondary N) is 1. The summed E-state index contributed by atoms with van der Waals surface area (Å²) in [6, 6.07) is 4.14. The number of carbonyl (C=O) groups excluding carboxylic acids is 1. The third-order valence-electron chi connectivity index (χ3n) is 5.98. The van der Waals surface area contributed by atoms with Crippen molar-refractivity contribution >= 4 is 11.6 Å². The first kappa shape index (κ1) is 20.2. The number of pyridine rings is 1. The molecule has 31 heavy (non-hydrogen) atoms. The predicted molar refractivity (Wildman–Crippen MR) is 115 cm³/mol. The quantitative estimate of drug-likeness (QED) is 0.770. The SMILES string of the molecule is CC(C)n1cc(C2=NCc3ccnc(OC4CCOCC4)c32)cc1C(=O)NC1COC1. The van der Waals surface area contributed by atoms with Crippen molar-refractivity contribution in [3.05, 3.63) is 46.9 Å². The molecule has 2 fully saturated rings. The first-order chi connectivity index (χ1) is 15.1. The fourth-order valence-corrected chi connectivity index (χ4v) is 4.18. The Kier molecular flexibility index (Phi) is 5.50. The number of nitrogens with zero attached hydrogens (tertiary/aromatic N) is 3. The van der Waals surface area contributed by atoms with Crippen LogP contribution < -0.4 is 10.1 Å². The third-order valence-corrected chi connectivity index (χ3v) is 5.98. The molecule has 2 aromatic heterocycles. The smallest absolute Gasteiger partial charge is 0.268 e. The fourth-order valence-electron chi connectivity index (χ4n) is 4.18. The summed E-state index contributed by atoms with van der Waals surface area (Å²) in [7, 11) is 0. The minimum atomic E-state index is -0.0862. The zero-order valence-electron chi connectivity index (χ0n) is 18.0. The van der Waals surface area contributed by atoms with Gasteiger partial charge >= 0.3 is 0 Å². The van der Waals surface area contributed by atoms with E-state index in [0.717, 1.165) is 35.2 Å². The standard InChI is InChI=1S/C23H28N4O4/c1-14(2)27-11-16(9-19(27)22(28)26-17-12-30-13-17)21-20-15(10-25-21)3-6-24-23(20)31-18-4-7-29-8-5-18/h3,6,9,11,14,17-18H,4-5,7-8,10,12-13H2,1-2H3,(H,26,28). The topological polar surface area (TPSA) is 87.0 Å². The van der Waals surface area contributed by atoms with Gasteiger partial charge in [-0.1, -0.05) is 0 Å². The number of fused-ring (bicyclic) bond motifs is 1. The number of ether oxygens (including phenoxy) is 3. The molecule has 5 heterocycles. The van der Waals surface area contributed by atoms with E-state index in [1.807, 2.05) is 22.9 Å². The second-order valence-corrected chi connectivity index (χ2v) is 8.57. The maximum absolute atomic E-state index is 12.9. The first-order valence-electron chi connectivity index (χ1n) is 11.0. The second kappa shape index (κ2) is 8.43. The summed E-state index contributed by atoms with van der Waals surface area (Å²) < 4.78 is 18.9. The molecular weight excluding hydrogens is 396 g/mol. The van der Waals surface area contributed by atoms with Gasteiger partial charge in [0.25, 0.3) is 5.91 Å². The third kappa shape index (κ3) is 3.97. The van der Waals surface area contributed by atoms with Gasteiger partial charge in [-0.3, -0.25) is 9.79 Å². The van der Waals surface area contributed by atoms with Gasteiger partial charge in [-0.25, -0.2) is 4.98 Å². The van der Waals surface area contributed by atoms with Crippen LogP contribution in [0.15, 0.2) is 29.5 Å². The van der Waals surface area contributed by atoms with E-state index < -0.39 is 0 Å². The predicted octanol–water partition coefficient (Wildman–Crippen LogP) is 2.50. The lowest BCUT2D eigenvalue weighted by Gasteiger charge is -2.27. The van der Waals surface area contributed by atoms with Gasteiger partial charge in [0.15, 0.2) is 0 Å². The number of hydrogen-bond acceptors (Lipinski definition) is 6. The van der Waals surface area contributed by atoms with E-state index in [2.05, 4.69) is 24.1 Å². The highest BCUT2D eigenvalue weighted by Crippen LogP contribution is 2.32. The van der Waals surface area contributed by atoms with E-state index in [1.54, 1.807) is 6.20 Å². The molecule has 3 aliphatic rings. The molecule has 1 N–H and O–H groups in total. The average molecular weight is 425 g/mol. The van der Waals surface area contributed by atoms with Crippen LogP contribution in [-0.4, -0.2) is 59.7 Å². The molecule has 0 radical (unpaired) electrons. The summed E-state index contributed by atoms with van der Waals surface area (Å²) in [5.41, 5.74) is 4.41. The van der Waals surface area contributed by atoms with Crippen LogP contribution in [0.4, 0.5) is 0 Å². The van der Waals surface area contributed by atoms with Crippen molar-refractivity contribution in [3.63, 3.8) is 0 Å². The molecule has 1 amide bonds. The van der Waals surface area contributed by atoms with E-state index >= 15 is 0 Å². The molecule has 0 unspecified atom stereocenters. The van der Waals surface area contributed by atoms with Gasteiger partial charge in [-0.2, -0.15) is 0 Å². The maximum Gasteiger partial charge on any atom is 0.268 e. The Hall–Kier alpha value is -2.71. The number of carbonyl (C=O) groups is 1. The summed E-state index contributed by atoms with van der Waals surface area (Å²) in [4.78, 5) is 22.2. The van der Waals surface area contributed by atoms with Gasteiger partial charge in [0.1, 0.15) is 11.8 Å². The highest BCUT2D eigenvalue weighted by molar-refractivity contribution is 6.17. The second-order valence-electron chi connectivity index (χ2n) is 8.57. The number of aromatic nitrogens is 2. The Morgan fingerprint density at radius 1 is 1.26 bits per heavy atom. The molecule has 0 aliphatic carbocycles. The summed E-state index contributed by atoms with van der Waals surface area (Å²) in [5, 5.41) is 3.04. The fraction of sp³-hybridized carbons (Fsp3) is 0.522. The summed E-state index contributed by atoms with van der Waals surface area (Å²) in [6.45, 7) is 7.28. The van der Waals surface area contributed by atoms with Gasteiger partial charge in [-0.15, -0.1) is 0 Å². The van der Waals surface area contributed by atoms with Crippen LogP contribution in [0.5, 0.6) is 5.88 Å². The summed E-state index contributed by atoms with van der Waals surface area (Å²) in [6.07, 6.45) is 5.61. The number of rotatable bonds is 6. The number of amides is 1. The van der Waals surface area contributed by atoms with E-state index in [9.17, 15) is 4.79 Å². The van der Waals surface area contributed by atoms with Crippen LogP contribution in [0, 0.1) is 0 Å². The molecule has 0 saturated carbocycles. The van der Waals surface area contributed by atoms with Crippen molar-refractivity contribution in [2.45, 2.75) is 51.4 Å². The van der Waals surface area contributed by atoms with E-state index in [1.165, 1.54) is 0 Å². The lowest BCUT2D eigenvalue weighted by Crippen LogP contribution is -2.49. The molecule has 0 atom stereocenters. The van der Waals surface area contributed by atoms with Crippen LogP contribution in [0.1, 0.15) is 59.9 Å². The van der Waals surface area contributed by atoms with Crippen molar-refractivity contribution < 1.29 is 19.0 Å². The molecule has 2 saturated heterocycles. The zero-order valence-corrected chi connectivity index (χ0v) is 18.0. The summed E-state index contributed by atoms with van der Waals surface area (Å²) >= 11 is 0. The van der Waals surface area contributed by atoms with Crippen molar-refractivity contribution in [2.75, 3.05) is 26.4 Å². The van der Waals surface area contributed by atoms with E-state index in [0.29, 0.717) is 44.5 Å². The van der Waals surface area contributed by atoms with Crippen LogP contribution in [0.25, 0.3) is 0 Å². The summed E-state index contributed by atoms with van der Waals surface area (Å²) in [5.74, 6) is 0.535. The minimum absolute atomic E-state index is 0.0830. The average Bonchev–Trinajstić information content (AvgIpc) is 3.36. The van der Waals surface area contributed by atoms with Gasteiger partial charge in [0, 0.05) is 36.8 Å². The molecule has 5 rings (SSSR count). The lowest BCUT2D eigenvalue weighted by atomic mass is 10.0. The molecule has 8 heteroatoms. The zero-order chi connectivity index (χ0) is 21.4.